The van der Waals surface area contributed by atoms with Crippen LogP contribution in [0.15, 0.2) is 35.2 Å². The Morgan fingerprint density at radius 2 is 1.92 bits per heavy atom. The number of anilines is 1. The van der Waals surface area contributed by atoms with Crippen LogP contribution in [0.5, 0.6) is 0 Å². The number of rotatable bonds is 8. The molecule has 3 rings (SSSR count). The molecular formula is C20H24N2O3S. The van der Waals surface area contributed by atoms with Crippen LogP contribution in [0.25, 0.3) is 10.8 Å². The average Bonchev–Trinajstić information content (AvgIpc) is 2.93. The normalized spacial score (nSPS) is 13.7. The predicted molar refractivity (Wildman–Crippen MR) is 106 cm³/mol. The van der Waals surface area contributed by atoms with E-state index in [0.29, 0.717) is 25.9 Å². The average molecular weight is 372 g/mol. The molecule has 1 aliphatic heterocycles. The van der Waals surface area contributed by atoms with Gasteiger partial charge in [-0.1, -0.05) is 26.0 Å². The van der Waals surface area contributed by atoms with Gasteiger partial charge in [0.2, 0.25) is 0 Å². The molecule has 6 heteroatoms. The lowest BCUT2D eigenvalue weighted by molar-refractivity contribution is -0.148. The zero-order chi connectivity index (χ0) is 18.9. The molecule has 0 bridgehead atoms. The van der Waals surface area contributed by atoms with Crippen molar-refractivity contribution in [1.82, 2.24) is 4.72 Å². The molecule has 2 aromatic rings. The first-order valence-electron chi connectivity index (χ1n) is 8.99. The fourth-order valence-corrected chi connectivity index (χ4v) is 4.47. The Hall–Kier alpha value is -2.05. The summed E-state index contributed by atoms with van der Waals surface area (Å²) in [5.74, 6) is -0.717. The van der Waals surface area contributed by atoms with Gasteiger partial charge in [0.1, 0.15) is 0 Å². The predicted octanol–water partition coefficient (Wildman–Crippen LogP) is 4.31. The minimum absolute atomic E-state index is 0.0464. The highest BCUT2D eigenvalue weighted by Crippen LogP contribution is 2.41. The topological polar surface area (TPSA) is 69.6 Å². The van der Waals surface area contributed by atoms with Gasteiger partial charge in [-0.05, 0) is 55.3 Å². The van der Waals surface area contributed by atoms with E-state index in [9.17, 15) is 14.7 Å². The molecule has 0 saturated heterocycles. The number of hydrogen-bond donors (Lipinski definition) is 2. The minimum atomic E-state index is -0.764. The molecule has 26 heavy (non-hydrogen) atoms. The highest BCUT2D eigenvalue weighted by Gasteiger charge is 2.34. The lowest BCUT2D eigenvalue weighted by Crippen LogP contribution is -2.38. The molecule has 2 aromatic carbocycles. The van der Waals surface area contributed by atoms with Gasteiger partial charge in [-0.25, -0.2) is 0 Å². The van der Waals surface area contributed by atoms with E-state index in [2.05, 4.69) is 4.72 Å². The van der Waals surface area contributed by atoms with Crippen LogP contribution in [0.4, 0.5) is 5.69 Å². The zero-order valence-electron chi connectivity index (χ0n) is 15.3. The lowest BCUT2D eigenvalue weighted by Gasteiger charge is -2.26. The van der Waals surface area contributed by atoms with E-state index < -0.39 is 11.4 Å². The second kappa shape index (κ2) is 7.29. The van der Waals surface area contributed by atoms with E-state index in [0.717, 1.165) is 26.9 Å². The third-order valence-electron chi connectivity index (χ3n) is 5.46. The Bertz CT molecular complexity index is 862. The van der Waals surface area contributed by atoms with E-state index in [1.807, 2.05) is 51.1 Å². The molecule has 0 aliphatic carbocycles. The quantitative estimate of drug-likeness (QED) is 0.676. The summed E-state index contributed by atoms with van der Waals surface area (Å²) in [6, 6.07) is 9.77. The van der Waals surface area contributed by atoms with Crippen molar-refractivity contribution in [2.45, 2.75) is 38.5 Å². The third-order valence-corrected chi connectivity index (χ3v) is 6.33. The Morgan fingerprint density at radius 3 is 2.54 bits per heavy atom. The Kier molecular flexibility index (Phi) is 5.25. The van der Waals surface area contributed by atoms with Gasteiger partial charge in [-0.2, -0.15) is 0 Å². The molecule has 0 saturated carbocycles. The monoisotopic (exact) mass is 372 g/mol. The van der Waals surface area contributed by atoms with Crippen molar-refractivity contribution in [2.75, 3.05) is 18.0 Å². The summed E-state index contributed by atoms with van der Waals surface area (Å²) in [6.07, 6.45) is 1.16. The second-order valence-corrected chi connectivity index (χ2v) is 7.51. The fourth-order valence-electron chi connectivity index (χ4n) is 3.55. The molecule has 2 N–H and O–H groups in total. The SMILES string of the molecule is CCN1C(=O)c2cccc3c(SNCC(CC)(CC)C(=O)O)ccc1c23. The van der Waals surface area contributed by atoms with Crippen molar-refractivity contribution < 1.29 is 14.7 Å². The van der Waals surface area contributed by atoms with Crippen LogP contribution in [0.1, 0.15) is 44.0 Å². The number of nitrogens with zero attached hydrogens (tertiary/aromatic N) is 1. The molecule has 1 heterocycles. The van der Waals surface area contributed by atoms with Crippen LogP contribution < -0.4 is 9.62 Å². The smallest absolute Gasteiger partial charge is 0.310 e. The van der Waals surface area contributed by atoms with Gasteiger partial charge in [0.05, 0.1) is 11.1 Å². The van der Waals surface area contributed by atoms with Crippen LogP contribution in [0.2, 0.25) is 0 Å². The van der Waals surface area contributed by atoms with Gasteiger partial charge in [0.15, 0.2) is 0 Å². The summed E-state index contributed by atoms with van der Waals surface area (Å²) in [5, 5.41) is 11.6. The highest BCUT2D eigenvalue weighted by atomic mass is 32.2. The largest absolute Gasteiger partial charge is 0.481 e. The Balaban J connectivity index is 1.89. The Labute approximate surface area is 157 Å². The standard InChI is InChI=1S/C20H24N2O3S/c1-4-20(5-2,19(24)25)12-21-26-16-11-10-15-17-13(16)8-7-9-14(17)18(23)22(15)6-3/h7-11,21H,4-6,12H2,1-3H3,(H,24,25). The van der Waals surface area contributed by atoms with Crippen molar-refractivity contribution in [2.24, 2.45) is 5.41 Å². The van der Waals surface area contributed by atoms with E-state index in [4.69, 9.17) is 0 Å². The minimum Gasteiger partial charge on any atom is -0.481 e. The van der Waals surface area contributed by atoms with Crippen molar-refractivity contribution in [3.05, 3.63) is 35.9 Å². The van der Waals surface area contributed by atoms with Crippen LogP contribution >= 0.6 is 11.9 Å². The number of carboxylic acid groups (broad SMARTS) is 1. The summed E-state index contributed by atoms with van der Waals surface area (Å²) in [4.78, 5) is 27.0. The maximum atomic E-state index is 12.6. The summed E-state index contributed by atoms with van der Waals surface area (Å²) in [7, 11) is 0. The molecule has 0 radical (unpaired) electrons. The number of carbonyl (C=O) groups is 2. The number of hydrogen-bond acceptors (Lipinski definition) is 4. The molecule has 138 valence electrons. The van der Waals surface area contributed by atoms with Crippen molar-refractivity contribution >= 4 is 40.3 Å². The van der Waals surface area contributed by atoms with Gasteiger partial charge < -0.3 is 10.0 Å². The zero-order valence-corrected chi connectivity index (χ0v) is 16.2. The van der Waals surface area contributed by atoms with E-state index >= 15 is 0 Å². The number of amides is 1. The van der Waals surface area contributed by atoms with Gasteiger partial charge in [-0.15, -0.1) is 0 Å². The first-order chi connectivity index (χ1) is 12.5. The van der Waals surface area contributed by atoms with E-state index in [1.165, 1.54) is 11.9 Å². The van der Waals surface area contributed by atoms with Crippen LogP contribution in [0.3, 0.4) is 0 Å². The number of benzene rings is 2. The third kappa shape index (κ3) is 2.87. The summed E-state index contributed by atoms with van der Waals surface area (Å²) in [6.45, 7) is 6.83. The first-order valence-corrected chi connectivity index (χ1v) is 9.81. The number of carbonyl (C=O) groups excluding carboxylic acids is 1. The first kappa shape index (κ1) is 18.7. The van der Waals surface area contributed by atoms with Gasteiger partial charge in [0, 0.05) is 28.9 Å². The van der Waals surface area contributed by atoms with Crippen molar-refractivity contribution in [3.63, 3.8) is 0 Å². The van der Waals surface area contributed by atoms with Gasteiger partial charge >= 0.3 is 5.97 Å². The highest BCUT2D eigenvalue weighted by molar-refractivity contribution is 7.97. The molecule has 0 atom stereocenters. The van der Waals surface area contributed by atoms with E-state index in [-0.39, 0.29) is 5.91 Å². The number of carboxylic acids is 1. The Morgan fingerprint density at radius 1 is 1.19 bits per heavy atom. The maximum Gasteiger partial charge on any atom is 0.310 e. The van der Waals surface area contributed by atoms with Gasteiger partial charge in [0.25, 0.3) is 5.91 Å². The maximum absolute atomic E-state index is 12.6. The molecular weight excluding hydrogens is 348 g/mol. The second-order valence-electron chi connectivity index (χ2n) is 6.58. The molecule has 0 unspecified atom stereocenters. The molecule has 0 fully saturated rings. The molecule has 1 aliphatic rings. The summed E-state index contributed by atoms with van der Waals surface area (Å²) >= 11 is 1.44. The summed E-state index contributed by atoms with van der Waals surface area (Å²) in [5.41, 5.74) is 0.940. The molecule has 0 spiro atoms. The number of aliphatic carboxylic acids is 1. The van der Waals surface area contributed by atoms with Crippen LogP contribution in [0, 0.1) is 5.41 Å². The van der Waals surface area contributed by atoms with Gasteiger partial charge in [-0.3, -0.25) is 14.3 Å². The molecule has 0 aromatic heterocycles. The molecule has 1 amide bonds. The van der Waals surface area contributed by atoms with E-state index in [1.54, 1.807) is 4.90 Å². The lowest BCUT2D eigenvalue weighted by atomic mass is 9.83. The fraction of sp³-hybridized carbons (Fsp3) is 0.400. The van der Waals surface area contributed by atoms with Crippen molar-refractivity contribution in [1.29, 1.82) is 0 Å². The summed E-state index contributed by atoms with van der Waals surface area (Å²) < 4.78 is 3.25. The van der Waals surface area contributed by atoms with Crippen LogP contribution in [-0.2, 0) is 4.79 Å². The molecule has 5 nitrogen and oxygen atoms in total. The number of nitrogens with one attached hydrogen (secondary N) is 1. The van der Waals surface area contributed by atoms with Crippen LogP contribution in [-0.4, -0.2) is 30.1 Å². The van der Waals surface area contributed by atoms with Crippen molar-refractivity contribution in [3.8, 4) is 0 Å².